The Balaban J connectivity index is 2.73. The number of phenols is 1. The molecule has 3 N–H and O–H groups in total. The first-order valence-electron chi connectivity index (χ1n) is 4.69. The molecule has 0 saturated heterocycles. The lowest BCUT2D eigenvalue weighted by molar-refractivity contribution is 0.475. The van der Waals surface area contributed by atoms with Crippen LogP contribution in [-0.2, 0) is 0 Å². The SMILES string of the molecule is CC(C)CN=C(N)c1ccc(O)cc1. The monoisotopic (exact) mass is 192 g/mol. The molecule has 0 bridgehead atoms. The number of hydrogen-bond donors (Lipinski definition) is 2. The number of aromatic hydroxyl groups is 1. The summed E-state index contributed by atoms with van der Waals surface area (Å²) in [5, 5.41) is 9.08. The minimum absolute atomic E-state index is 0.241. The second-order valence-electron chi connectivity index (χ2n) is 3.67. The zero-order valence-corrected chi connectivity index (χ0v) is 8.57. The van der Waals surface area contributed by atoms with E-state index in [9.17, 15) is 0 Å². The Bertz CT molecular complexity index is 315. The van der Waals surface area contributed by atoms with Crippen molar-refractivity contribution in [2.75, 3.05) is 6.54 Å². The van der Waals surface area contributed by atoms with Crippen LogP contribution in [0.25, 0.3) is 0 Å². The second-order valence-corrected chi connectivity index (χ2v) is 3.67. The number of hydrogen-bond acceptors (Lipinski definition) is 2. The average Bonchev–Trinajstić information content (AvgIpc) is 2.15. The highest BCUT2D eigenvalue weighted by molar-refractivity contribution is 5.97. The van der Waals surface area contributed by atoms with Crippen LogP contribution in [0.15, 0.2) is 29.3 Å². The zero-order chi connectivity index (χ0) is 10.6. The number of benzene rings is 1. The van der Waals surface area contributed by atoms with Gasteiger partial charge in [-0.05, 0) is 30.2 Å². The molecule has 3 heteroatoms. The van der Waals surface area contributed by atoms with Crippen LogP contribution < -0.4 is 5.73 Å². The predicted molar refractivity (Wildman–Crippen MR) is 58.5 cm³/mol. The second kappa shape index (κ2) is 4.65. The van der Waals surface area contributed by atoms with Crippen molar-refractivity contribution in [2.24, 2.45) is 16.6 Å². The van der Waals surface area contributed by atoms with Gasteiger partial charge in [0.1, 0.15) is 11.6 Å². The smallest absolute Gasteiger partial charge is 0.125 e. The number of aliphatic imine (C=N–C) groups is 1. The molecule has 1 rings (SSSR count). The van der Waals surface area contributed by atoms with Crippen molar-refractivity contribution in [3.05, 3.63) is 29.8 Å². The fourth-order valence-electron chi connectivity index (χ4n) is 1.00. The van der Waals surface area contributed by atoms with E-state index in [2.05, 4.69) is 18.8 Å². The lowest BCUT2D eigenvalue weighted by atomic mass is 10.2. The molecule has 0 aliphatic rings. The Morgan fingerprint density at radius 3 is 2.43 bits per heavy atom. The Morgan fingerprint density at radius 1 is 1.36 bits per heavy atom. The van der Waals surface area contributed by atoms with E-state index in [1.807, 2.05) is 0 Å². The number of nitrogens with two attached hydrogens (primary N) is 1. The molecule has 0 spiro atoms. The molecule has 14 heavy (non-hydrogen) atoms. The summed E-state index contributed by atoms with van der Waals surface area (Å²) in [5.41, 5.74) is 6.61. The van der Waals surface area contributed by atoms with Gasteiger partial charge in [-0.2, -0.15) is 0 Å². The van der Waals surface area contributed by atoms with Crippen molar-refractivity contribution in [1.82, 2.24) is 0 Å². The third kappa shape index (κ3) is 3.09. The van der Waals surface area contributed by atoms with E-state index in [0.717, 1.165) is 12.1 Å². The molecule has 1 aromatic rings. The fourth-order valence-corrected chi connectivity index (χ4v) is 1.00. The van der Waals surface area contributed by atoms with Gasteiger partial charge in [-0.3, -0.25) is 4.99 Å². The summed E-state index contributed by atoms with van der Waals surface area (Å²) in [6.45, 7) is 4.91. The van der Waals surface area contributed by atoms with Crippen LogP contribution in [0.5, 0.6) is 5.75 Å². The first kappa shape index (κ1) is 10.6. The van der Waals surface area contributed by atoms with E-state index >= 15 is 0 Å². The van der Waals surface area contributed by atoms with E-state index in [1.165, 1.54) is 0 Å². The first-order chi connectivity index (χ1) is 6.59. The number of rotatable bonds is 3. The number of phenolic OH excluding ortho intramolecular Hbond substituents is 1. The van der Waals surface area contributed by atoms with Gasteiger partial charge in [0, 0.05) is 12.1 Å². The van der Waals surface area contributed by atoms with Crippen LogP contribution in [0.2, 0.25) is 0 Å². The summed E-state index contributed by atoms with van der Waals surface area (Å²) in [4.78, 5) is 4.24. The maximum Gasteiger partial charge on any atom is 0.125 e. The van der Waals surface area contributed by atoms with Gasteiger partial charge in [-0.1, -0.05) is 13.8 Å². The largest absolute Gasteiger partial charge is 0.508 e. The lowest BCUT2D eigenvalue weighted by Gasteiger charge is -2.03. The minimum Gasteiger partial charge on any atom is -0.508 e. The molecule has 0 heterocycles. The molecular formula is C11H16N2O. The van der Waals surface area contributed by atoms with Crippen molar-refractivity contribution in [3.63, 3.8) is 0 Å². The van der Waals surface area contributed by atoms with Crippen LogP contribution in [0.1, 0.15) is 19.4 Å². The van der Waals surface area contributed by atoms with Crippen molar-refractivity contribution in [2.45, 2.75) is 13.8 Å². The molecule has 0 amide bonds. The van der Waals surface area contributed by atoms with Gasteiger partial charge in [0.15, 0.2) is 0 Å². The molecular weight excluding hydrogens is 176 g/mol. The van der Waals surface area contributed by atoms with Gasteiger partial charge in [-0.15, -0.1) is 0 Å². The zero-order valence-electron chi connectivity index (χ0n) is 8.57. The lowest BCUT2D eigenvalue weighted by Crippen LogP contribution is -2.14. The quantitative estimate of drug-likeness (QED) is 0.566. The highest BCUT2D eigenvalue weighted by Crippen LogP contribution is 2.09. The summed E-state index contributed by atoms with van der Waals surface area (Å²) in [5.74, 6) is 1.27. The van der Waals surface area contributed by atoms with Crippen molar-refractivity contribution < 1.29 is 5.11 Å². The summed E-state index contributed by atoms with van der Waals surface area (Å²) < 4.78 is 0. The molecule has 76 valence electrons. The molecule has 0 aliphatic heterocycles. The molecule has 0 radical (unpaired) electrons. The molecule has 0 fully saturated rings. The fraction of sp³-hybridized carbons (Fsp3) is 0.364. The highest BCUT2D eigenvalue weighted by Gasteiger charge is 1.98. The molecule has 1 aromatic carbocycles. The van der Waals surface area contributed by atoms with E-state index in [4.69, 9.17) is 10.8 Å². The predicted octanol–water partition coefficient (Wildman–Crippen LogP) is 1.75. The Kier molecular flexibility index (Phi) is 3.51. The van der Waals surface area contributed by atoms with Gasteiger partial charge < -0.3 is 10.8 Å². The van der Waals surface area contributed by atoms with Gasteiger partial charge >= 0.3 is 0 Å². The summed E-state index contributed by atoms with van der Waals surface area (Å²) in [6, 6.07) is 6.73. The minimum atomic E-state index is 0.241. The highest BCUT2D eigenvalue weighted by atomic mass is 16.3. The van der Waals surface area contributed by atoms with Gasteiger partial charge in [-0.25, -0.2) is 0 Å². The molecule has 0 saturated carbocycles. The Morgan fingerprint density at radius 2 is 1.93 bits per heavy atom. The molecule has 0 unspecified atom stereocenters. The molecule has 0 aromatic heterocycles. The first-order valence-corrected chi connectivity index (χ1v) is 4.69. The van der Waals surface area contributed by atoms with Crippen LogP contribution >= 0.6 is 0 Å². The van der Waals surface area contributed by atoms with Crippen LogP contribution in [0, 0.1) is 5.92 Å². The van der Waals surface area contributed by atoms with E-state index in [0.29, 0.717) is 11.8 Å². The third-order valence-electron chi connectivity index (χ3n) is 1.79. The van der Waals surface area contributed by atoms with Crippen LogP contribution in [-0.4, -0.2) is 17.5 Å². The van der Waals surface area contributed by atoms with E-state index in [-0.39, 0.29) is 5.75 Å². The van der Waals surface area contributed by atoms with Gasteiger partial charge in [0.05, 0.1) is 0 Å². The standard InChI is InChI=1S/C11H16N2O/c1-8(2)7-13-11(12)9-3-5-10(14)6-4-9/h3-6,8,14H,7H2,1-2H3,(H2,12,13). The van der Waals surface area contributed by atoms with E-state index < -0.39 is 0 Å². The van der Waals surface area contributed by atoms with Crippen LogP contribution in [0.4, 0.5) is 0 Å². The third-order valence-corrected chi connectivity index (χ3v) is 1.79. The summed E-state index contributed by atoms with van der Waals surface area (Å²) in [7, 11) is 0. The number of amidine groups is 1. The van der Waals surface area contributed by atoms with Gasteiger partial charge in [0.25, 0.3) is 0 Å². The number of nitrogens with zero attached hydrogens (tertiary/aromatic N) is 1. The van der Waals surface area contributed by atoms with Crippen LogP contribution in [0.3, 0.4) is 0 Å². The molecule has 0 atom stereocenters. The maximum atomic E-state index is 9.08. The van der Waals surface area contributed by atoms with Crippen molar-refractivity contribution in [3.8, 4) is 5.75 Å². The molecule has 0 aliphatic carbocycles. The topological polar surface area (TPSA) is 58.6 Å². The van der Waals surface area contributed by atoms with E-state index in [1.54, 1.807) is 24.3 Å². The van der Waals surface area contributed by atoms with Gasteiger partial charge in [0.2, 0.25) is 0 Å². The summed E-state index contributed by atoms with van der Waals surface area (Å²) in [6.07, 6.45) is 0. The normalized spacial score (nSPS) is 12.1. The maximum absolute atomic E-state index is 9.08. The Labute approximate surface area is 84.3 Å². The van der Waals surface area contributed by atoms with Crippen molar-refractivity contribution in [1.29, 1.82) is 0 Å². The van der Waals surface area contributed by atoms with Crippen molar-refractivity contribution >= 4 is 5.84 Å². The average molecular weight is 192 g/mol. The molecule has 3 nitrogen and oxygen atoms in total. The Hall–Kier alpha value is -1.51. The summed E-state index contributed by atoms with van der Waals surface area (Å²) >= 11 is 0.